The molecule has 0 radical (unpaired) electrons. The van der Waals surface area contributed by atoms with Crippen LogP contribution in [0, 0.1) is 6.92 Å². The van der Waals surface area contributed by atoms with Crippen LogP contribution >= 0.6 is 0 Å². The fraction of sp³-hybridized carbons (Fsp3) is 0.200. The summed E-state index contributed by atoms with van der Waals surface area (Å²) in [5.41, 5.74) is 1.41. The Labute approximate surface area is 215 Å². The highest BCUT2D eigenvalue weighted by Crippen LogP contribution is 2.33. The van der Waals surface area contributed by atoms with Gasteiger partial charge in [-0.3, -0.25) is 9.59 Å². The minimum Gasteiger partial charge on any atom is -0.464 e. The van der Waals surface area contributed by atoms with Crippen molar-refractivity contribution < 1.29 is 23.5 Å². The molecule has 0 fully saturated rings. The highest BCUT2D eigenvalue weighted by Gasteiger charge is 2.24. The monoisotopic (exact) mass is 496 g/mol. The van der Waals surface area contributed by atoms with Crippen molar-refractivity contribution in [3.63, 3.8) is 0 Å². The molecule has 4 aromatic rings. The van der Waals surface area contributed by atoms with Crippen molar-refractivity contribution in [2.45, 2.75) is 20.0 Å². The minimum absolute atomic E-state index is 0.0953. The van der Waals surface area contributed by atoms with Crippen molar-refractivity contribution >= 4 is 22.6 Å². The fourth-order valence-corrected chi connectivity index (χ4v) is 4.39. The molecule has 7 nitrogen and oxygen atoms in total. The number of carbonyl (C=O) groups is 2. The quantitative estimate of drug-likeness (QED) is 0.293. The molecular formula is C30H28N2O5. The van der Waals surface area contributed by atoms with E-state index in [2.05, 4.69) is 6.58 Å². The van der Waals surface area contributed by atoms with Crippen LogP contribution in [0.15, 0.2) is 89.9 Å². The average molecular weight is 497 g/mol. The second-order valence-electron chi connectivity index (χ2n) is 8.99. The van der Waals surface area contributed by atoms with Crippen LogP contribution < -0.4 is 9.47 Å². The molecule has 3 aromatic carbocycles. The zero-order valence-corrected chi connectivity index (χ0v) is 20.7. The van der Waals surface area contributed by atoms with Gasteiger partial charge in [-0.05, 0) is 59.7 Å². The zero-order valence-electron chi connectivity index (χ0n) is 20.7. The molecule has 1 aliphatic rings. The summed E-state index contributed by atoms with van der Waals surface area (Å²) >= 11 is 0. The maximum atomic E-state index is 13.6. The standard InChI is InChI=1S/C30H28N2O5/c1-3-14-31(30(34)25-11-10-23-6-4-5-7-24(23)16-25)19-29(33)32(18-26-12-8-21(2)37-26)17-22-9-13-27-28(15-22)36-20-35-27/h3-13,15-16H,1,14,17-20H2,2H3. The van der Waals surface area contributed by atoms with Crippen LogP contribution in [-0.4, -0.2) is 41.5 Å². The maximum absolute atomic E-state index is 13.6. The predicted molar refractivity (Wildman–Crippen MR) is 140 cm³/mol. The van der Waals surface area contributed by atoms with Gasteiger partial charge in [-0.25, -0.2) is 0 Å². The molecule has 1 aliphatic heterocycles. The Morgan fingerprint density at radius 1 is 0.892 bits per heavy atom. The molecule has 0 aliphatic carbocycles. The van der Waals surface area contributed by atoms with Gasteiger partial charge in [0.05, 0.1) is 6.54 Å². The summed E-state index contributed by atoms with van der Waals surface area (Å²) in [6.07, 6.45) is 1.63. The van der Waals surface area contributed by atoms with E-state index in [1.807, 2.05) is 73.7 Å². The lowest BCUT2D eigenvalue weighted by molar-refractivity contribution is -0.133. The van der Waals surface area contributed by atoms with Gasteiger partial charge in [-0.2, -0.15) is 0 Å². The molecule has 2 amide bonds. The summed E-state index contributed by atoms with van der Waals surface area (Å²) in [5, 5.41) is 2.02. The van der Waals surface area contributed by atoms with E-state index in [0.29, 0.717) is 29.4 Å². The van der Waals surface area contributed by atoms with Crippen LogP contribution in [0.25, 0.3) is 10.8 Å². The number of aryl methyl sites for hydroxylation is 1. The van der Waals surface area contributed by atoms with Crippen molar-refractivity contribution in [1.82, 2.24) is 9.80 Å². The van der Waals surface area contributed by atoms with E-state index in [1.165, 1.54) is 4.90 Å². The number of rotatable bonds is 9. The third-order valence-corrected chi connectivity index (χ3v) is 6.27. The molecule has 0 N–H and O–H groups in total. The molecule has 1 aromatic heterocycles. The Morgan fingerprint density at radius 3 is 2.49 bits per heavy atom. The Balaban J connectivity index is 1.37. The normalized spacial score (nSPS) is 11.9. The first-order valence-corrected chi connectivity index (χ1v) is 12.1. The van der Waals surface area contributed by atoms with Gasteiger partial charge >= 0.3 is 0 Å². The number of ether oxygens (including phenoxy) is 2. The number of hydrogen-bond donors (Lipinski definition) is 0. The summed E-state index contributed by atoms with van der Waals surface area (Å²) < 4.78 is 16.7. The first-order chi connectivity index (χ1) is 18.0. The Hall–Kier alpha value is -4.52. The third-order valence-electron chi connectivity index (χ3n) is 6.27. The number of nitrogens with zero attached hydrogens (tertiary/aromatic N) is 2. The molecule has 0 spiro atoms. The number of benzene rings is 3. The first kappa shape index (κ1) is 24.2. The van der Waals surface area contributed by atoms with E-state index in [1.54, 1.807) is 17.0 Å². The summed E-state index contributed by atoms with van der Waals surface area (Å²) in [4.78, 5) is 30.3. The number of carbonyl (C=O) groups excluding carboxylic acids is 2. The lowest BCUT2D eigenvalue weighted by atomic mass is 10.1. The molecule has 5 rings (SSSR count). The molecule has 2 heterocycles. The summed E-state index contributed by atoms with van der Waals surface area (Å²) in [5.74, 6) is 2.34. The molecule has 0 saturated heterocycles. The second-order valence-corrected chi connectivity index (χ2v) is 8.99. The van der Waals surface area contributed by atoms with E-state index >= 15 is 0 Å². The Kier molecular flexibility index (Phi) is 6.94. The minimum atomic E-state index is -0.226. The lowest BCUT2D eigenvalue weighted by Gasteiger charge is -2.27. The SMILES string of the molecule is C=CCN(CC(=O)N(Cc1ccc2c(c1)OCO2)Cc1ccc(C)o1)C(=O)c1ccc2ccccc2c1. The predicted octanol–water partition coefficient (Wildman–Crippen LogP) is 5.33. The Morgan fingerprint density at radius 2 is 1.70 bits per heavy atom. The van der Waals surface area contributed by atoms with Crippen LogP contribution in [0.3, 0.4) is 0 Å². The number of furan rings is 1. The molecule has 0 atom stereocenters. The molecule has 0 saturated carbocycles. The summed E-state index contributed by atoms with van der Waals surface area (Å²) in [6.45, 7) is 6.58. The van der Waals surface area contributed by atoms with Gasteiger partial charge in [0.25, 0.3) is 5.91 Å². The van der Waals surface area contributed by atoms with E-state index in [9.17, 15) is 9.59 Å². The van der Waals surface area contributed by atoms with Gasteiger partial charge < -0.3 is 23.7 Å². The fourth-order valence-electron chi connectivity index (χ4n) is 4.39. The summed E-state index contributed by atoms with van der Waals surface area (Å²) in [6, 6.07) is 22.8. The topological polar surface area (TPSA) is 72.2 Å². The molecule has 0 bridgehead atoms. The number of fused-ring (bicyclic) bond motifs is 2. The van der Waals surface area contributed by atoms with Crippen LogP contribution in [-0.2, 0) is 17.9 Å². The van der Waals surface area contributed by atoms with Crippen LogP contribution in [0.4, 0.5) is 0 Å². The molecular weight excluding hydrogens is 468 g/mol. The smallest absolute Gasteiger partial charge is 0.254 e. The van der Waals surface area contributed by atoms with Crippen molar-refractivity contribution in [1.29, 1.82) is 0 Å². The van der Waals surface area contributed by atoms with Crippen LogP contribution in [0.1, 0.15) is 27.4 Å². The third kappa shape index (κ3) is 5.51. The van der Waals surface area contributed by atoms with Gasteiger partial charge in [0.15, 0.2) is 11.5 Å². The largest absolute Gasteiger partial charge is 0.464 e. The van der Waals surface area contributed by atoms with E-state index < -0.39 is 0 Å². The summed E-state index contributed by atoms with van der Waals surface area (Å²) in [7, 11) is 0. The van der Waals surface area contributed by atoms with E-state index in [4.69, 9.17) is 13.9 Å². The van der Waals surface area contributed by atoms with Gasteiger partial charge in [-0.1, -0.05) is 42.5 Å². The highest BCUT2D eigenvalue weighted by atomic mass is 16.7. The van der Waals surface area contributed by atoms with Crippen molar-refractivity contribution in [2.24, 2.45) is 0 Å². The Bertz CT molecular complexity index is 1460. The molecule has 0 unspecified atom stereocenters. The molecule has 37 heavy (non-hydrogen) atoms. The van der Waals surface area contributed by atoms with Gasteiger partial charge in [0.2, 0.25) is 12.7 Å². The maximum Gasteiger partial charge on any atom is 0.254 e. The average Bonchev–Trinajstić information content (AvgIpc) is 3.55. The van der Waals surface area contributed by atoms with Crippen molar-refractivity contribution in [3.8, 4) is 11.5 Å². The lowest BCUT2D eigenvalue weighted by Crippen LogP contribution is -2.42. The first-order valence-electron chi connectivity index (χ1n) is 12.1. The molecule has 7 heteroatoms. The second kappa shape index (κ2) is 10.6. The number of hydrogen-bond acceptors (Lipinski definition) is 5. The highest BCUT2D eigenvalue weighted by molar-refractivity contribution is 6.00. The van der Waals surface area contributed by atoms with Gasteiger partial charge in [0.1, 0.15) is 18.1 Å². The van der Waals surface area contributed by atoms with Crippen LogP contribution in [0.5, 0.6) is 11.5 Å². The van der Waals surface area contributed by atoms with Crippen molar-refractivity contribution in [2.75, 3.05) is 19.9 Å². The van der Waals surface area contributed by atoms with Gasteiger partial charge in [-0.15, -0.1) is 6.58 Å². The van der Waals surface area contributed by atoms with Gasteiger partial charge in [0, 0.05) is 18.7 Å². The van der Waals surface area contributed by atoms with E-state index in [-0.39, 0.29) is 38.2 Å². The molecule has 188 valence electrons. The van der Waals surface area contributed by atoms with E-state index in [0.717, 1.165) is 22.1 Å². The van der Waals surface area contributed by atoms with Crippen molar-refractivity contribution in [3.05, 3.63) is 108 Å². The number of amides is 2. The van der Waals surface area contributed by atoms with Crippen LogP contribution in [0.2, 0.25) is 0 Å². The zero-order chi connectivity index (χ0) is 25.8.